The van der Waals surface area contributed by atoms with Crippen molar-refractivity contribution in [3.63, 3.8) is 0 Å². The molecule has 0 aliphatic carbocycles. The quantitative estimate of drug-likeness (QED) is 0.781. The number of aromatic nitrogens is 3. The van der Waals surface area contributed by atoms with E-state index in [0.717, 1.165) is 11.4 Å². The zero-order valence-electron chi connectivity index (χ0n) is 8.68. The number of hydrogen-bond donors (Lipinski definition) is 0. The third-order valence-corrected chi connectivity index (χ3v) is 2.45. The van der Waals surface area contributed by atoms with E-state index in [1.165, 1.54) is 0 Å². The van der Waals surface area contributed by atoms with Crippen LogP contribution < -0.4 is 0 Å². The fraction of sp³-hybridized carbons (Fsp3) is 0.273. The van der Waals surface area contributed by atoms with Crippen molar-refractivity contribution in [2.45, 2.75) is 19.8 Å². The summed E-state index contributed by atoms with van der Waals surface area (Å²) in [7, 11) is 0. The maximum absolute atomic E-state index is 6.10. The highest BCUT2D eigenvalue weighted by Crippen LogP contribution is 2.21. The second-order valence-electron chi connectivity index (χ2n) is 3.66. The molecule has 4 heteroatoms. The van der Waals surface area contributed by atoms with E-state index in [4.69, 9.17) is 11.6 Å². The van der Waals surface area contributed by atoms with Gasteiger partial charge in [0.2, 0.25) is 0 Å². The van der Waals surface area contributed by atoms with Gasteiger partial charge in [0.1, 0.15) is 5.15 Å². The Morgan fingerprint density at radius 3 is 2.47 bits per heavy atom. The van der Waals surface area contributed by atoms with Gasteiger partial charge in [0.05, 0.1) is 11.4 Å². The van der Waals surface area contributed by atoms with Gasteiger partial charge in [-0.25, -0.2) is 4.68 Å². The molecular formula is C11H12ClN3. The van der Waals surface area contributed by atoms with Gasteiger partial charge < -0.3 is 0 Å². The van der Waals surface area contributed by atoms with Crippen molar-refractivity contribution in [2.75, 3.05) is 0 Å². The summed E-state index contributed by atoms with van der Waals surface area (Å²) in [4.78, 5) is 3.96. The molecule has 0 atom stereocenters. The van der Waals surface area contributed by atoms with E-state index in [0.29, 0.717) is 11.1 Å². The van der Waals surface area contributed by atoms with Crippen LogP contribution in [0.3, 0.4) is 0 Å². The van der Waals surface area contributed by atoms with Crippen molar-refractivity contribution in [3.8, 4) is 5.69 Å². The number of hydrogen-bond acceptors (Lipinski definition) is 2. The van der Waals surface area contributed by atoms with Crippen LogP contribution in [0.4, 0.5) is 0 Å². The maximum atomic E-state index is 6.10. The van der Waals surface area contributed by atoms with Crippen molar-refractivity contribution in [2.24, 2.45) is 0 Å². The minimum absolute atomic E-state index is 0.380. The van der Waals surface area contributed by atoms with Gasteiger partial charge in [0.25, 0.3) is 0 Å². The first-order valence-corrected chi connectivity index (χ1v) is 5.22. The Morgan fingerprint density at radius 2 is 1.93 bits per heavy atom. The summed E-state index contributed by atoms with van der Waals surface area (Å²) < 4.78 is 1.72. The molecule has 0 spiro atoms. The van der Waals surface area contributed by atoms with Crippen LogP contribution >= 0.6 is 11.6 Å². The molecule has 3 nitrogen and oxygen atoms in total. The maximum Gasteiger partial charge on any atom is 0.133 e. The average molecular weight is 222 g/mol. The Labute approximate surface area is 93.7 Å². The van der Waals surface area contributed by atoms with Gasteiger partial charge in [0, 0.05) is 12.4 Å². The van der Waals surface area contributed by atoms with Crippen LogP contribution in [0.15, 0.2) is 30.6 Å². The number of nitrogens with zero attached hydrogens (tertiary/aromatic N) is 3. The Morgan fingerprint density at radius 1 is 1.27 bits per heavy atom. The van der Waals surface area contributed by atoms with E-state index in [1.54, 1.807) is 17.1 Å². The number of pyridine rings is 1. The zero-order valence-corrected chi connectivity index (χ0v) is 9.44. The first-order valence-electron chi connectivity index (χ1n) is 4.84. The van der Waals surface area contributed by atoms with Crippen molar-refractivity contribution in [3.05, 3.63) is 41.4 Å². The molecule has 0 fully saturated rings. The molecule has 2 heterocycles. The van der Waals surface area contributed by atoms with E-state index in [-0.39, 0.29) is 0 Å². The van der Waals surface area contributed by atoms with E-state index >= 15 is 0 Å². The van der Waals surface area contributed by atoms with Crippen LogP contribution in [-0.4, -0.2) is 14.8 Å². The van der Waals surface area contributed by atoms with Crippen molar-refractivity contribution in [1.29, 1.82) is 0 Å². The largest absolute Gasteiger partial charge is 0.265 e. The SMILES string of the molecule is CC(C)c1cc(Cl)n(-c2ccncc2)n1. The Hall–Kier alpha value is -1.35. The van der Waals surface area contributed by atoms with Gasteiger partial charge in [-0.2, -0.15) is 5.10 Å². The lowest BCUT2D eigenvalue weighted by Crippen LogP contribution is -1.98. The highest BCUT2D eigenvalue weighted by atomic mass is 35.5. The molecule has 0 N–H and O–H groups in total. The molecule has 0 saturated heterocycles. The van der Waals surface area contributed by atoms with Crippen LogP contribution in [0.2, 0.25) is 5.15 Å². The van der Waals surface area contributed by atoms with Gasteiger partial charge in [-0.15, -0.1) is 0 Å². The average Bonchev–Trinajstić information content (AvgIpc) is 2.62. The Kier molecular flexibility index (Phi) is 2.73. The first kappa shape index (κ1) is 10.2. The third kappa shape index (κ3) is 2.02. The lowest BCUT2D eigenvalue weighted by Gasteiger charge is -2.02. The van der Waals surface area contributed by atoms with E-state index in [9.17, 15) is 0 Å². The number of halogens is 1. The number of rotatable bonds is 2. The minimum atomic E-state index is 0.380. The van der Waals surface area contributed by atoms with E-state index < -0.39 is 0 Å². The molecule has 78 valence electrons. The molecule has 2 aromatic heterocycles. The molecule has 0 amide bonds. The molecule has 0 aliphatic heterocycles. The summed E-state index contributed by atoms with van der Waals surface area (Å²) in [5.41, 5.74) is 1.93. The molecule has 2 rings (SSSR count). The van der Waals surface area contributed by atoms with Crippen molar-refractivity contribution < 1.29 is 0 Å². The van der Waals surface area contributed by atoms with Gasteiger partial charge in [0.15, 0.2) is 0 Å². The first-order chi connectivity index (χ1) is 7.18. The highest BCUT2D eigenvalue weighted by Gasteiger charge is 2.09. The monoisotopic (exact) mass is 221 g/mol. The summed E-state index contributed by atoms with van der Waals surface area (Å²) in [6.45, 7) is 4.19. The third-order valence-electron chi connectivity index (χ3n) is 2.18. The van der Waals surface area contributed by atoms with E-state index in [2.05, 4.69) is 23.9 Å². The lowest BCUT2D eigenvalue weighted by molar-refractivity contribution is 0.768. The molecule has 0 aliphatic rings. The lowest BCUT2D eigenvalue weighted by atomic mass is 10.1. The summed E-state index contributed by atoms with van der Waals surface area (Å²) in [6.07, 6.45) is 3.45. The Balaban J connectivity index is 2.45. The van der Waals surface area contributed by atoms with Crippen LogP contribution in [0, 0.1) is 0 Å². The van der Waals surface area contributed by atoms with Crippen LogP contribution in [-0.2, 0) is 0 Å². The summed E-state index contributed by atoms with van der Waals surface area (Å²) in [5, 5.41) is 5.07. The van der Waals surface area contributed by atoms with E-state index in [1.807, 2.05) is 18.2 Å². The van der Waals surface area contributed by atoms with Gasteiger partial charge >= 0.3 is 0 Å². The molecule has 0 bridgehead atoms. The summed E-state index contributed by atoms with van der Waals surface area (Å²) >= 11 is 6.10. The van der Waals surface area contributed by atoms with Crippen LogP contribution in [0.5, 0.6) is 0 Å². The zero-order chi connectivity index (χ0) is 10.8. The minimum Gasteiger partial charge on any atom is -0.265 e. The van der Waals surface area contributed by atoms with Crippen molar-refractivity contribution in [1.82, 2.24) is 14.8 Å². The van der Waals surface area contributed by atoms with Gasteiger partial charge in [-0.3, -0.25) is 4.98 Å². The van der Waals surface area contributed by atoms with Crippen LogP contribution in [0.1, 0.15) is 25.5 Å². The summed E-state index contributed by atoms with van der Waals surface area (Å²) in [6, 6.07) is 5.65. The molecule has 0 radical (unpaired) electrons. The molecule has 0 aromatic carbocycles. The summed E-state index contributed by atoms with van der Waals surface area (Å²) in [5.74, 6) is 0.380. The fourth-order valence-corrected chi connectivity index (χ4v) is 1.57. The molecule has 0 saturated carbocycles. The second-order valence-corrected chi connectivity index (χ2v) is 4.05. The second kappa shape index (κ2) is 4.03. The topological polar surface area (TPSA) is 30.7 Å². The van der Waals surface area contributed by atoms with Gasteiger partial charge in [-0.05, 0) is 24.1 Å². The highest BCUT2D eigenvalue weighted by molar-refractivity contribution is 6.29. The molecule has 0 unspecified atom stereocenters. The predicted molar refractivity (Wildman–Crippen MR) is 60.5 cm³/mol. The fourth-order valence-electron chi connectivity index (χ4n) is 1.32. The Bertz CT molecular complexity index is 448. The molecular weight excluding hydrogens is 210 g/mol. The van der Waals surface area contributed by atoms with Gasteiger partial charge in [-0.1, -0.05) is 25.4 Å². The molecule has 15 heavy (non-hydrogen) atoms. The molecule has 2 aromatic rings. The predicted octanol–water partition coefficient (Wildman–Crippen LogP) is 3.04. The van der Waals surface area contributed by atoms with Crippen molar-refractivity contribution >= 4 is 11.6 Å². The normalized spacial score (nSPS) is 10.9. The standard InChI is InChI=1S/C11H12ClN3/c1-8(2)10-7-11(12)15(14-10)9-3-5-13-6-4-9/h3-8H,1-2H3. The smallest absolute Gasteiger partial charge is 0.133 e. The van der Waals surface area contributed by atoms with Crippen LogP contribution in [0.25, 0.3) is 5.69 Å².